The fourth-order valence-electron chi connectivity index (χ4n) is 2.99. The van der Waals surface area contributed by atoms with Gasteiger partial charge in [0.1, 0.15) is 0 Å². The average Bonchev–Trinajstić information content (AvgIpc) is 3.10. The van der Waals surface area contributed by atoms with E-state index in [1.54, 1.807) is 0 Å². The SMILES string of the molecule is CCCn1c(SCC(=O)Nc2ccc(N(C)C)cc2)nnc1-c1cccc(C)c1. The highest BCUT2D eigenvalue weighted by Crippen LogP contribution is 2.25. The van der Waals surface area contributed by atoms with Gasteiger partial charge in [0, 0.05) is 37.6 Å². The second-order valence-electron chi connectivity index (χ2n) is 7.11. The highest BCUT2D eigenvalue weighted by molar-refractivity contribution is 7.99. The van der Waals surface area contributed by atoms with E-state index in [-0.39, 0.29) is 11.7 Å². The molecule has 2 aromatic carbocycles. The number of anilines is 2. The summed E-state index contributed by atoms with van der Waals surface area (Å²) in [5.41, 5.74) is 4.11. The van der Waals surface area contributed by atoms with Gasteiger partial charge < -0.3 is 14.8 Å². The van der Waals surface area contributed by atoms with Crippen LogP contribution in [0.5, 0.6) is 0 Å². The first kappa shape index (κ1) is 20.9. The predicted molar refractivity (Wildman–Crippen MR) is 121 cm³/mol. The molecule has 29 heavy (non-hydrogen) atoms. The van der Waals surface area contributed by atoms with E-state index in [0.29, 0.717) is 0 Å². The van der Waals surface area contributed by atoms with Gasteiger partial charge >= 0.3 is 0 Å². The van der Waals surface area contributed by atoms with Crippen molar-refractivity contribution >= 4 is 29.0 Å². The highest BCUT2D eigenvalue weighted by Gasteiger charge is 2.15. The zero-order valence-electron chi connectivity index (χ0n) is 17.3. The third kappa shape index (κ3) is 5.38. The zero-order chi connectivity index (χ0) is 20.8. The van der Waals surface area contributed by atoms with Gasteiger partial charge in [-0.25, -0.2) is 0 Å². The minimum Gasteiger partial charge on any atom is -0.378 e. The summed E-state index contributed by atoms with van der Waals surface area (Å²) >= 11 is 1.41. The van der Waals surface area contributed by atoms with Crippen molar-refractivity contribution in [2.24, 2.45) is 0 Å². The Hall–Kier alpha value is -2.80. The molecule has 0 aliphatic carbocycles. The quantitative estimate of drug-likeness (QED) is 0.557. The normalized spacial score (nSPS) is 10.8. The van der Waals surface area contributed by atoms with Gasteiger partial charge in [-0.1, -0.05) is 42.4 Å². The molecule has 152 valence electrons. The van der Waals surface area contributed by atoms with E-state index >= 15 is 0 Å². The van der Waals surface area contributed by atoms with Crippen molar-refractivity contribution in [1.29, 1.82) is 0 Å². The Morgan fingerprint density at radius 1 is 1.14 bits per heavy atom. The molecule has 0 fully saturated rings. The molecule has 0 saturated carbocycles. The van der Waals surface area contributed by atoms with Crippen molar-refractivity contribution < 1.29 is 4.79 Å². The number of aromatic nitrogens is 3. The fraction of sp³-hybridized carbons (Fsp3) is 0.318. The summed E-state index contributed by atoms with van der Waals surface area (Å²) in [6.07, 6.45) is 0.967. The molecule has 1 heterocycles. The molecule has 6 nitrogen and oxygen atoms in total. The third-order valence-electron chi connectivity index (χ3n) is 4.44. The summed E-state index contributed by atoms with van der Waals surface area (Å²) in [4.78, 5) is 14.4. The van der Waals surface area contributed by atoms with Crippen molar-refractivity contribution in [1.82, 2.24) is 14.8 Å². The number of carbonyl (C=O) groups excluding carboxylic acids is 1. The number of aryl methyl sites for hydroxylation is 1. The van der Waals surface area contributed by atoms with Crippen molar-refractivity contribution in [3.63, 3.8) is 0 Å². The van der Waals surface area contributed by atoms with Crippen LogP contribution in [-0.2, 0) is 11.3 Å². The number of benzene rings is 2. The Kier molecular flexibility index (Phi) is 6.93. The predicted octanol–water partition coefficient (Wildman–Crippen LogP) is 4.46. The number of nitrogens with one attached hydrogen (secondary N) is 1. The van der Waals surface area contributed by atoms with E-state index in [4.69, 9.17) is 0 Å². The van der Waals surface area contributed by atoms with Crippen LogP contribution in [-0.4, -0.2) is 40.5 Å². The van der Waals surface area contributed by atoms with Crippen LogP contribution >= 0.6 is 11.8 Å². The molecule has 7 heteroatoms. The minimum absolute atomic E-state index is 0.0595. The lowest BCUT2D eigenvalue weighted by molar-refractivity contribution is -0.113. The number of thioether (sulfide) groups is 1. The lowest BCUT2D eigenvalue weighted by Gasteiger charge is -2.13. The van der Waals surface area contributed by atoms with Crippen LogP contribution in [0.1, 0.15) is 18.9 Å². The van der Waals surface area contributed by atoms with Gasteiger partial charge in [0.2, 0.25) is 5.91 Å². The van der Waals surface area contributed by atoms with Crippen LogP contribution in [0.15, 0.2) is 53.7 Å². The van der Waals surface area contributed by atoms with E-state index in [9.17, 15) is 4.79 Å². The lowest BCUT2D eigenvalue weighted by atomic mass is 10.1. The molecule has 0 atom stereocenters. The molecule has 0 spiro atoms. The molecule has 1 amide bonds. The van der Waals surface area contributed by atoms with E-state index in [1.165, 1.54) is 17.3 Å². The number of hydrogen-bond acceptors (Lipinski definition) is 5. The van der Waals surface area contributed by atoms with Gasteiger partial charge in [-0.2, -0.15) is 0 Å². The summed E-state index contributed by atoms with van der Waals surface area (Å²) in [6.45, 7) is 5.00. The van der Waals surface area contributed by atoms with Crippen molar-refractivity contribution in [3.8, 4) is 11.4 Å². The molecule has 3 rings (SSSR count). The highest BCUT2D eigenvalue weighted by atomic mass is 32.2. The van der Waals surface area contributed by atoms with Gasteiger partial charge in [-0.15, -0.1) is 10.2 Å². The van der Waals surface area contributed by atoms with Crippen LogP contribution in [0.4, 0.5) is 11.4 Å². The first-order valence-electron chi connectivity index (χ1n) is 9.68. The Morgan fingerprint density at radius 2 is 1.90 bits per heavy atom. The topological polar surface area (TPSA) is 63.1 Å². The molecule has 0 aliphatic heterocycles. The Bertz CT molecular complexity index is 966. The van der Waals surface area contributed by atoms with Crippen molar-refractivity contribution in [3.05, 3.63) is 54.1 Å². The summed E-state index contributed by atoms with van der Waals surface area (Å²) in [6, 6.07) is 16.0. The van der Waals surface area contributed by atoms with Gasteiger partial charge in [0.25, 0.3) is 0 Å². The van der Waals surface area contributed by atoms with E-state index in [1.807, 2.05) is 55.4 Å². The molecule has 1 aromatic heterocycles. The zero-order valence-corrected chi connectivity index (χ0v) is 18.2. The Balaban J connectivity index is 1.67. The molecular weight excluding hydrogens is 382 g/mol. The number of carbonyl (C=O) groups is 1. The van der Waals surface area contributed by atoms with Crippen molar-refractivity contribution in [2.45, 2.75) is 32.0 Å². The van der Waals surface area contributed by atoms with Gasteiger partial charge in [-0.3, -0.25) is 4.79 Å². The minimum atomic E-state index is -0.0595. The molecule has 0 unspecified atom stereocenters. The summed E-state index contributed by atoms with van der Waals surface area (Å²) in [7, 11) is 3.98. The smallest absolute Gasteiger partial charge is 0.234 e. The third-order valence-corrected chi connectivity index (χ3v) is 5.41. The van der Waals surface area contributed by atoms with E-state index in [0.717, 1.165) is 40.9 Å². The summed E-state index contributed by atoms with van der Waals surface area (Å²) in [5, 5.41) is 12.4. The molecule has 0 aliphatic rings. The summed E-state index contributed by atoms with van der Waals surface area (Å²) < 4.78 is 2.10. The molecule has 0 bridgehead atoms. The number of nitrogens with zero attached hydrogens (tertiary/aromatic N) is 4. The Morgan fingerprint density at radius 3 is 2.55 bits per heavy atom. The van der Waals surface area contributed by atoms with Crippen LogP contribution < -0.4 is 10.2 Å². The van der Waals surface area contributed by atoms with Crippen molar-refractivity contribution in [2.75, 3.05) is 30.1 Å². The number of rotatable bonds is 8. The first-order chi connectivity index (χ1) is 14.0. The molecule has 1 N–H and O–H groups in total. The van der Waals surface area contributed by atoms with E-state index in [2.05, 4.69) is 46.1 Å². The maximum absolute atomic E-state index is 12.4. The maximum Gasteiger partial charge on any atom is 0.234 e. The molecular formula is C22H27N5OS. The number of amides is 1. The largest absolute Gasteiger partial charge is 0.378 e. The fourth-order valence-corrected chi connectivity index (χ4v) is 3.75. The maximum atomic E-state index is 12.4. The Labute approximate surface area is 176 Å². The molecule has 0 radical (unpaired) electrons. The van der Waals surface area contributed by atoms with Crippen LogP contribution in [0.3, 0.4) is 0 Å². The van der Waals surface area contributed by atoms with Gasteiger partial charge in [0.15, 0.2) is 11.0 Å². The summed E-state index contributed by atoms with van der Waals surface area (Å²) in [5.74, 6) is 1.07. The second-order valence-corrected chi connectivity index (χ2v) is 8.05. The second kappa shape index (κ2) is 9.60. The van der Waals surface area contributed by atoms with Gasteiger partial charge in [-0.05, 0) is 43.7 Å². The van der Waals surface area contributed by atoms with Crippen LogP contribution in [0.2, 0.25) is 0 Å². The standard InChI is InChI=1S/C22H27N5OS/c1-5-13-27-21(17-8-6-7-16(2)14-17)24-25-22(27)29-15-20(28)23-18-9-11-19(12-10-18)26(3)4/h6-12,14H,5,13,15H2,1-4H3,(H,23,28). The van der Waals surface area contributed by atoms with Gasteiger partial charge in [0.05, 0.1) is 5.75 Å². The first-order valence-corrected chi connectivity index (χ1v) is 10.7. The van der Waals surface area contributed by atoms with E-state index < -0.39 is 0 Å². The molecule has 3 aromatic rings. The average molecular weight is 410 g/mol. The lowest BCUT2D eigenvalue weighted by Crippen LogP contribution is -2.15. The monoisotopic (exact) mass is 409 g/mol. The van der Waals surface area contributed by atoms with Crippen LogP contribution in [0.25, 0.3) is 11.4 Å². The van der Waals surface area contributed by atoms with Crippen LogP contribution in [0, 0.1) is 6.92 Å². The molecule has 0 saturated heterocycles. The number of hydrogen-bond donors (Lipinski definition) is 1.